The molecule has 0 aliphatic heterocycles. The predicted octanol–water partition coefficient (Wildman–Crippen LogP) is 2.69. The van der Waals surface area contributed by atoms with E-state index in [0.29, 0.717) is 24.1 Å². The molecule has 2 fully saturated rings. The van der Waals surface area contributed by atoms with Crippen LogP contribution in [0, 0.1) is 11.3 Å². The topological polar surface area (TPSA) is 47.3 Å². The van der Waals surface area contributed by atoms with Gasteiger partial charge in [-0.05, 0) is 38.6 Å². The molecule has 0 aromatic carbocycles. The second-order valence-electron chi connectivity index (χ2n) is 7.02. The van der Waals surface area contributed by atoms with Gasteiger partial charge in [0.25, 0.3) is 0 Å². The van der Waals surface area contributed by atoms with Crippen LogP contribution in [0.5, 0.6) is 0 Å². The highest BCUT2D eigenvalue weighted by atomic mass is 16.5. The summed E-state index contributed by atoms with van der Waals surface area (Å²) in [5.74, 6) is 0.671. The Morgan fingerprint density at radius 1 is 1.21 bits per heavy atom. The third-order valence-corrected chi connectivity index (χ3v) is 5.39. The van der Waals surface area contributed by atoms with Gasteiger partial charge in [0.1, 0.15) is 0 Å². The normalized spacial score (nSPS) is 38.5. The van der Waals surface area contributed by atoms with E-state index < -0.39 is 0 Å². The lowest BCUT2D eigenvalue weighted by Gasteiger charge is -2.52. The van der Waals surface area contributed by atoms with E-state index in [1.165, 1.54) is 32.1 Å². The molecule has 19 heavy (non-hydrogen) atoms. The monoisotopic (exact) mass is 268 g/mol. The molecule has 112 valence electrons. The van der Waals surface area contributed by atoms with Crippen LogP contribution in [0.4, 0.5) is 0 Å². The highest BCUT2D eigenvalue weighted by Gasteiger charge is 2.48. The molecule has 2 saturated carbocycles. The molecule has 4 unspecified atom stereocenters. The summed E-state index contributed by atoms with van der Waals surface area (Å²) in [6, 6.07) is 1.00. The Hall–Kier alpha value is -0.120. The van der Waals surface area contributed by atoms with Crippen LogP contribution in [0.25, 0.3) is 0 Å². The molecule has 0 aromatic rings. The van der Waals surface area contributed by atoms with E-state index >= 15 is 0 Å². The fraction of sp³-hybridized carbons (Fsp3) is 1.00. The van der Waals surface area contributed by atoms with Crippen molar-refractivity contribution in [1.82, 2.24) is 5.32 Å². The largest absolute Gasteiger partial charge is 0.378 e. The van der Waals surface area contributed by atoms with E-state index in [1.807, 2.05) is 0 Å². The first-order valence-corrected chi connectivity index (χ1v) is 8.16. The summed E-state index contributed by atoms with van der Waals surface area (Å²) in [6.07, 6.45) is 8.14. The van der Waals surface area contributed by atoms with Crippen LogP contribution in [0.2, 0.25) is 0 Å². The molecule has 0 saturated heterocycles. The zero-order valence-corrected chi connectivity index (χ0v) is 13.0. The summed E-state index contributed by atoms with van der Waals surface area (Å²) in [5, 5.41) is 3.77. The maximum atomic E-state index is 6.30. The molecule has 2 aliphatic carbocycles. The molecule has 0 aromatic heterocycles. The van der Waals surface area contributed by atoms with Crippen molar-refractivity contribution in [2.75, 3.05) is 13.2 Å². The van der Waals surface area contributed by atoms with E-state index in [2.05, 4.69) is 26.1 Å². The average Bonchev–Trinajstić information content (AvgIpc) is 2.58. The van der Waals surface area contributed by atoms with E-state index in [-0.39, 0.29) is 5.41 Å². The molecule has 0 bridgehead atoms. The van der Waals surface area contributed by atoms with Crippen molar-refractivity contribution in [1.29, 1.82) is 0 Å². The second-order valence-corrected chi connectivity index (χ2v) is 7.02. The van der Waals surface area contributed by atoms with Crippen molar-refractivity contribution in [3.05, 3.63) is 0 Å². The number of nitrogens with one attached hydrogen (secondary N) is 1. The van der Waals surface area contributed by atoms with E-state index in [1.54, 1.807) is 0 Å². The highest BCUT2D eigenvalue weighted by Crippen LogP contribution is 2.42. The second kappa shape index (κ2) is 6.55. The summed E-state index contributed by atoms with van der Waals surface area (Å²) < 4.78 is 5.79. The highest BCUT2D eigenvalue weighted by molar-refractivity contribution is 5.03. The molecule has 3 N–H and O–H groups in total. The molecule has 3 nitrogen and oxygen atoms in total. The van der Waals surface area contributed by atoms with Crippen molar-refractivity contribution in [2.45, 2.75) is 77.5 Å². The van der Waals surface area contributed by atoms with Gasteiger partial charge in [0, 0.05) is 24.1 Å². The number of hydrogen-bond donors (Lipinski definition) is 2. The number of ether oxygens (including phenoxy) is 1. The summed E-state index contributed by atoms with van der Waals surface area (Å²) in [6.45, 7) is 8.65. The molecule has 0 heterocycles. The van der Waals surface area contributed by atoms with Crippen LogP contribution in [0.15, 0.2) is 0 Å². The van der Waals surface area contributed by atoms with Gasteiger partial charge in [-0.2, -0.15) is 0 Å². The molecule has 3 heteroatoms. The van der Waals surface area contributed by atoms with Crippen molar-refractivity contribution in [2.24, 2.45) is 17.1 Å². The summed E-state index contributed by atoms with van der Waals surface area (Å²) >= 11 is 0. The molecule has 0 radical (unpaired) electrons. The summed E-state index contributed by atoms with van der Waals surface area (Å²) in [5.41, 5.74) is 6.57. The molecule has 0 amide bonds. The Labute approximate surface area is 118 Å². The molecule has 2 aliphatic rings. The van der Waals surface area contributed by atoms with Gasteiger partial charge in [0.2, 0.25) is 0 Å². The van der Waals surface area contributed by atoms with Gasteiger partial charge in [0.15, 0.2) is 0 Å². The SMILES string of the molecule is CCOC1CC(NCC2CCCCCC2N)C1(C)C. The molecular formula is C16H32N2O. The number of rotatable bonds is 5. The first kappa shape index (κ1) is 15.3. The van der Waals surface area contributed by atoms with Crippen LogP contribution in [0.1, 0.15) is 59.3 Å². The minimum absolute atomic E-state index is 0.269. The zero-order valence-electron chi connectivity index (χ0n) is 13.0. The maximum absolute atomic E-state index is 6.30. The Kier molecular flexibility index (Phi) is 5.27. The van der Waals surface area contributed by atoms with Gasteiger partial charge in [0.05, 0.1) is 6.10 Å². The Balaban J connectivity index is 1.76. The zero-order chi connectivity index (χ0) is 13.9. The van der Waals surface area contributed by atoms with Crippen LogP contribution >= 0.6 is 0 Å². The van der Waals surface area contributed by atoms with Crippen molar-refractivity contribution < 1.29 is 4.74 Å². The van der Waals surface area contributed by atoms with Gasteiger partial charge < -0.3 is 15.8 Å². The lowest BCUT2D eigenvalue weighted by molar-refractivity contribution is -0.114. The van der Waals surface area contributed by atoms with E-state index in [0.717, 1.165) is 19.6 Å². The predicted molar refractivity (Wildman–Crippen MR) is 80.2 cm³/mol. The third-order valence-electron chi connectivity index (χ3n) is 5.39. The molecule has 0 spiro atoms. The van der Waals surface area contributed by atoms with Crippen LogP contribution in [0.3, 0.4) is 0 Å². The minimum atomic E-state index is 0.269. The number of nitrogens with two attached hydrogens (primary N) is 1. The van der Waals surface area contributed by atoms with Gasteiger partial charge in [-0.15, -0.1) is 0 Å². The lowest BCUT2D eigenvalue weighted by Crippen LogP contribution is -2.61. The van der Waals surface area contributed by atoms with Gasteiger partial charge in [-0.3, -0.25) is 0 Å². The average molecular weight is 268 g/mol. The van der Waals surface area contributed by atoms with Crippen LogP contribution in [-0.4, -0.2) is 31.3 Å². The Morgan fingerprint density at radius 3 is 2.63 bits per heavy atom. The van der Waals surface area contributed by atoms with Gasteiger partial charge in [-0.1, -0.05) is 33.1 Å². The van der Waals surface area contributed by atoms with Crippen molar-refractivity contribution in [3.8, 4) is 0 Å². The first-order chi connectivity index (χ1) is 9.05. The Bertz CT molecular complexity index is 280. The van der Waals surface area contributed by atoms with E-state index in [4.69, 9.17) is 10.5 Å². The molecule has 2 rings (SSSR count). The van der Waals surface area contributed by atoms with Gasteiger partial charge in [-0.25, -0.2) is 0 Å². The molecule has 4 atom stereocenters. The number of hydrogen-bond acceptors (Lipinski definition) is 3. The fourth-order valence-electron chi connectivity index (χ4n) is 3.68. The maximum Gasteiger partial charge on any atom is 0.0655 e. The Morgan fingerprint density at radius 2 is 1.95 bits per heavy atom. The smallest absolute Gasteiger partial charge is 0.0655 e. The molecular weight excluding hydrogens is 236 g/mol. The van der Waals surface area contributed by atoms with Crippen LogP contribution in [-0.2, 0) is 4.74 Å². The van der Waals surface area contributed by atoms with E-state index in [9.17, 15) is 0 Å². The van der Waals surface area contributed by atoms with Crippen LogP contribution < -0.4 is 11.1 Å². The van der Waals surface area contributed by atoms with Crippen molar-refractivity contribution >= 4 is 0 Å². The third kappa shape index (κ3) is 3.50. The van der Waals surface area contributed by atoms with Gasteiger partial charge >= 0.3 is 0 Å². The summed E-state index contributed by atoms with van der Waals surface area (Å²) in [7, 11) is 0. The first-order valence-electron chi connectivity index (χ1n) is 8.16. The lowest BCUT2D eigenvalue weighted by atomic mass is 9.64. The summed E-state index contributed by atoms with van der Waals surface area (Å²) in [4.78, 5) is 0. The quantitative estimate of drug-likeness (QED) is 0.754. The minimum Gasteiger partial charge on any atom is -0.378 e. The van der Waals surface area contributed by atoms with Crippen molar-refractivity contribution in [3.63, 3.8) is 0 Å². The fourth-order valence-corrected chi connectivity index (χ4v) is 3.68. The standard InChI is InChI=1S/C16H32N2O/c1-4-19-15-10-14(16(15,2)3)18-11-12-8-6-5-7-9-13(12)17/h12-15,18H,4-11,17H2,1-3H3.